The highest BCUT2D eigenvalue weighted by atomic mass is 19.1. The molecular weight excluding hydrogens is 377 g/mol. The summed E-state index contributed by atoms with van der Waals surface area (Å²) in [5.41, 5.74) is 5.34. The van der Waals surface area contributed by atoms with Gasteiger partial charge in [-0.2, -0.15) is 0 Å². The summed E-state index contributed by atoms with van der Waals surface area (Å²) < 4.78 is 16.9. The van der Waals surface area contributed by atoms with Gasteiger partial charge in [0.25, 0.3) is 5.56 Å². The summed E-state index contributed by atoms with van der Waals surface area (Å²) in [6.45, 7) is 2.98. The van der Waals surface area contributed by atoms with Crippen LogP contribution in [-0.4, -0.2) is 14.1 Å². The smallest absolute Gasteiger partial charge is 0.278 e. The minimum absolute atomic E-state index is 0.104. The Bertz CT molecular complexity index is 1410. The molecule has 0 atom stereocenters. The molecule has 0 fully saturated rings. The predicted molar refractivity (Wildman–Crippen MR) is 117 cm³/mol. The molecule has 5 aromatic rings. The lowest BCUT2D eigenvalue weighted by atomic mass is 10.1. The fraction of sp³-hybridized carbons (Fsp3) is 0.120. The van der Waals surface area contributed by atoms with Crippen molar-refractivity contribution in [2.24, 2.45) is 0 Å². The second kappa shape index (κ2) is 7.26. The van der Waals surface area contributed by atoms with Crippen molar-refractivity contribution in [2.45, 2.75) is 20.0 Å². The molecular formula is C25H20FN3O. The first kappa shape index (κ1) is 18.3. The van der Waals surface area contributed by atoms with E-state index in [1.54, 1.807) is 23.0 Å². The van der Waals surface area contributed by atoms with Gasteiger partial charge < -0.3 is 4.57 Å². The van der Waals surface area contributed by atoms with Crippen molar-refractivity contribution in [2.75, 3.05) is 0 Å². The molecule has 0 aliphatic rings. The van der Waals surface area contributed by atoms with Gasteiger partial charge in [-0.3, -0.25) is 9.36 Å². The highest BCUT2D eigenvalue weighted by Gasteiger charge is 2.16. The van der Waals surface area contributed by atoms with Crippen LogP contribution in [0.2, 0.25) is 0 Å². The fourth-order valence-corrected chi connectivity index (χ4v) is 3.89. The van der Waals surface area contributed by atoms with E-state index in [1.165, 1.54) is 17.7 Å². The van der Waals surface area contributed by atoms with Gasteiger partial charge in [0.2, 0.25) is 0 Å². The lowest BCUT2D eigenvalue weighted by molar-refractivity contribution is 0.626. The first-order valence-electron chi connectivity index (χ1n) is 9.86. The quantitative estimate of drug-likeness (QED) is 0.433. The molecule has 0 unspecified atom stereocenters. The third kappa shape index (κ3) is 3.18. The third-order valence-electron chi connectivity index (χ3n) is 5.46. The summed E-state index contributed by atoms with van der Waals surface area (Å²) in [4.78, 5) is 18.1. The minimum atomic E-state index is -0.294. The van der Waals surface area contributed by atoms with E-state index in [-0.39, 0.29) is 11.4 Å². The van der Waals surface area contributed by atoms with Crippen LogP contribution >= 0.6 is 0 Å². The number of benzene rings is 3. The van der Waals surface area contributed by atoms with Crippen molar-refractivity contribution in [1.82, 2.24) is 14.1 Å². The maximum atomic E-state index is 13.5. The van der Waals surface area contributed by atoms with Crippen LogP contribution in [0.15, 0.2) is 83.9 Å². The van der Waals surface area contributed by atoms with Gasteiger partial charge in [-0.15, -0.1) is 0 Å². The second-order valence-electron chi connectivity index (χ2n) is 7.59. The number of aryl methyl sites for hydroxylation is 1. The molecule has 0 aliphatic carbocycles. The standard InChI is InChI=1S/C25H20FN3O/c1-17-6-8-19(9-7-17)15-29-22-5-3-2-4-21(22)23-24(29)25(30)28(16-27-23)14-18-10-12-20(26)13-11-18/h2-13,16H,14-15H2,1H3. The Hall–Kier alpha value is -3.73. The summed E-state index contributed by atoms with van der Waals surface area (Å²) in [6, 6.07) is 22.5. The van der Waals surface area contributed by atoms with E-state index in [0.717, 1.165) is 22.0 Å². The van der Waals surface area contributed by atoms with Crippen LogP contribution < -0.4 is 5.56 Å². The Balaban J connectivity index is 1.68. The van der Waals surface area contributed by atoms with Crippen LogP contribution in [0, 0.1) is 12.7 Å². The number of fused-ring (bicyclic) bond motifs is 3. The summed E-state index contributed by atoms with van der Waals surface area (Å²) in [6.07, 6.45) is 1.58. The molecule has 5 heteroatoms. The molecule has 4 nitrogen and oxygen atoms in total. The number of halogens is 1. The Morgan fingerprint density at radius 3 is 2.30 bits per heavy atom. The van der Waals surface area contributed by atoms with E-state index in [0.29, 0.717) is 24.1 Å². The molecule has 0 amide bonds. The molecule has 0 radical (unpaired) electrons. The molecule has 0 saturated heterocycles. The molecule has 0 N–H and O–H groups in total. The van der Waals surface area contributed by atoms with E-state index in [1.807, 2.05) is 28.8 Å². The highest BCUT2D eigenvalue weighted by Crippen LogP contribution is 2.26. The third-order valence-corrected chi connectivity index (χ3v) is 5.46. The van der Waals surface area contributed by atoms with Gasteiger partial charge in [0.15, 0.2) is 0 Å². The number of aromatic nitrogens is 3. The molecule has 2 aromatic heterocycles. The average molecular weight is 397 g/mol. The largest absolute Gasteiger partial charge is 0.330 e. The van der Waals surface area contributed by atoms with E-state index in [2.05, 4.69) is 36.2 Å². The van der Waals surface area contributed by atoms with Gasteiger partial charge >= 0.3 is 0 Å². The number of hydrogen-bond donors (Lipinski definition) is 0. The van der Waals surface area contributed by atoms with Gasteiger partial charge in [-0.1, -0.05) is 60.2 Å². The zero-order chi connectivity index (χ0) is 20.7. The van der Waals surface area contributed by atoms with E-state index >= 15 is 0 Å². The van der Waals surface area contributed by atoms with Crippen LogP contribution in [-0.2, 0) is 13.1 Å². The Kier molecular flexibility index (Phi) is 4.43. The number of rotatable bonds is 4. The van der Waals surface area contributed by atoms with Crippen LogP contribution in [0.4, 0.5) is 4.39 Å². The molecule has 148 valence electrons. The molecule has 5 rings (SSSR count). The molecule has 0 aliphatic heterocycles. The highest BCUT2D eigenvalue weighted by molar-refractivity contribution is 6.05. The van der Waals surface area contributed by atoms with Crippen molar-refractivity contribution >= 4 is 21.9 Å². The number of para-hydroxylation sites is 1. The Morgan fingerprint density at radius 2 is 1.53 bits per heavy atom. The van der Waals surface area contributed by atoms with Crippen molar-refractivity contribution in [3.63, 3.8) is 0 Å². The lowest BCUT2D eigenvalue weighted by Crippen LogP contribution is -2.23. The van der Waals surface area contributed by atoms with Gasteiger partial charge in [0.05, 0.1) is 18.4 Å². The Labute approximate surface area is 172 Å². The van der Waals surface area contributed by atoms with E-state index in [4.69, 9.17) is 0 Å². The molecule has 0 bridgehead atoms. The fourth-order valence-electron chi connectivity index (χ4n) is 3.89. The monoisotopic (exact) mass is 397 g/mol. The predicted octanol–water partition coefficient (Wildman–Crippen LogP) is 4.90. The summed E-state index contributed by atoms with van der Waals surface area (Å²) in [5, 5.41) is 0.964. The van der Waals surface area contributed by atoms with Crippen molar-refractivity contribution in [3.8, 4) is 0 Å². The van der Waals surface area contributed by atoms with E-state index in [9.17, 15) is 9.18 Å². The zero-order valence-corrected chi connectivity index (χ0v) is 16.5. The average Bonchev–Trinajstić information content (AvgIpc) is 3.08. The normalized spacial score (nSPS) is 11.4. The molecule has 0 spiro atoms. The van der Waals surface area contributed by atoms with Crippen molar-refractivity contribution in [3.05, 3.63) is 112 Å². The second-order valence-corrected chi connectivity index (χ2v) is 7.59. The first-order chi connectivity index (χ1) is 14.6. The summed E-state index contributed by atoms with van der Waals surface area (Å²) >= 11 is 0. The van der Waals surface area contributed by atoms with E-state index < -0.39 is 0 Å². The van der Waals surface area contributed by atoms with Crippen LogP contribution in [0.1, 0.15) is 16.7 Å². The van der Waals surface area contributed by atoms with Gasteiger partial charge in [-0.05, 0) is 36.2 Å². The Morgan fingerprint density at radius 1 is 0.867 bits per heavy atom. The van der Waals surface area contributed by atoms with Crippen molar-refractivity contribution in [1.29, 1.82) is 0 Å². The van der Waals surface area contributed by atoms with Gasteiger partial charge in [0.1, 0.15) is 16.9 Å². The molecule has 3 aromatic carbocycles. The SMILES string of the molecule is Cc1ccc(Cn2c3ccccc3c3ncn(Cc4ccc(F)cc4)c(=O)c32)cc1. The zero-order valence-electron chi connectivity index (χ0n) is 16.5. The lowest BCUT2D eigenvalue weighted by Gasteiger charge is -2.10. The van der Waals surface area contributed by atoms with Crippen LogP contribution in [0.5, 0.6) is 0 Å². The van der Waals surface area contributed by atoms with Crippen molar-refractivity contribution < 1.29 is 4.39 Å². The number of hydrogen-bond acceptors (Lipinski definition) is 2. The first-order valence-corrected chi connectivity index (χ1v) is 9.86. The van der Waals surface area contributed by atoms with Gasteiger partial charge in [-0.25, -0.2) is 9.37 Å². The maximum absolute atomic E-state index is 13.5. The molecule has 0 saturated carbocycles. The molecule has 2 heterocycles. The number of nitrogens with zero attached hydrogens (tertiary/aromatic N) is 3. The topological polar surface area (TPSA) is 39.8 Å². The van der Waals surface area contributed by atoms with Crippen LogP contribution in [0.25, 0.3) is 21.9 Å². The van der Waals surface area contributed by atoms with Crippen LogP contribution in [0.3, 0.4) is 0 Å². The summed E-state index contributed by atoms with van der Waals surface area (Å²) in [5.74, 6) is -0.294. The summed E-state index contributed by atoms with van der Waals surface area (Å²) in [7, 11) is 0. The maximum Gasteiger partial charge on any atom is 0.278 e. The molecule has 30 heavy (non-hydrogen) atoms. The minimum Gasteiger partial charge on any atom is -0.330 e. The van der Waals surface area contributed by atoms with Gasteiger partial charge in [0, 0.05) is 11.9 Å².